The molecule has 0 atom stereocenters. The summed E-state index contributed by atoms with van der Waals surface area (Å²) in [6, 6.07) is 17.0. The number of hydrogen-bond acceptors (Lipinski definition) is 4. The second kappa shape index (κ2) is 9.94. The molecule has 0 aliphatic rings. The lowest BCUT2D eigenvalue weighted by atomic mass is 10.0. The molecule has 3 aromatic rings. The van der Waals surface area contributed by atoms with Gasteiger partial charge in [0.2, 0.25) is 5.91 Å². The van der Waals surface area contributed by atoms with Gasteiger partial charge in [0.05, 0.1) is 13.3 Å². The van der Waals surface area contributed by atoms with Gasteiger partial charge >= 0.3 is 0 Å². The van der Waals surface area contributed by atoms with Crippen molar-refractivity contribution in [2.45, 2.75) is 26.2 Å². The van der Waals surface area contributed by atoms with Gasteiger partial charge in [-0.2, -0.15) is 5.10 Å². The van der Waals surface area contributed by atoms with Gasteiger partial charge in [-0.25, -0.2) is 5.43 Å². The average Bonchev–Trinajstić information content (AvgIpc) is 3.18. The van der Waals surface area contributed by atoms with Crippen molar-refractivity contribution >= 4 is 23.7 Å². The van der Waals surface area contributed by atoms with E-state index >= 15 is 0 Å². The molecule has 0 bridgehead atoms. The van der Waals surface area contributed by atoms with E-state index in [4.69, 9.17) is 20.8 Å². The first-order valence-electron chi connectivity index (χ1n) is 9.36. The van der Waals surface area contributed by atoms with Gasteiger partial charge < -0.3 is 9.15 Å². The molecule has 1 heterocycles. The highest BCUT2D eigenvalue weighted by Gasteiger charge is 2.05. The second-order valence-electron chi connectivity index (χ2n) is 6.65. The van der Waals surface area contributed by atoms with Gasteiger partial charge in [-0.15, -0.1) is 0 Å². The number of nitrogens with one attached hydrogen (secondary N) is 1. The smallest absolute Gasteiger partial charge is 0.240 e. The van der Waals surface area contributed by atoms with Crippen molar-refractivity contribution in [3.8, 4) is 17.1 Å². The van der Waals surface area contributed by atoms with Crippen LogP contribution >= 0.6 is 11.6 Å². The summed E-state index contributed by atoms with van der Waals surface area (Å²) in [6.45, 7) is 2.05. The van der Waals surface area contributed by atoms with Crippen LogP contribution in [0.4, 0.5) is 0 Å². The fourth-order valence-electron chi connectivity index (χ4n) is 2.93. The fourth-order valence-corrected chi connectivity index (χ4v) is 3.06. The van der Waals surface area contributed by atoms with Crippen molar-refractivity contribution in [1.29, 1.82) is 0 Å². The number of amides is 1. The normalized spacial score (nSPS) is 11.0. The van der Waals surface area contributed by atoms with Gasteiger partial charge in [0.25, 0.3) is 0 Å². The van der Waals surface area contributed by atoms with Gasteiger partial charge in [-0.1, -0.05) is 17.7 Å². The standard InChI is InChI=1S/C23H23ClN2O3/c1-16-14-20(28-2)11-8-17(16)4-3-5-23(27)26-25-15-21-12-13-22(29-21)18-6-9-19(24)10-7-18/h6-15H,3-5H2,1-2H3,(H,26,27)/b25-15-. The Balaban J connectivity index is 1.44. The summed E-state index contributed by atoms with van der Waals surface area (Å²) < 4.78 is 10.9. The maximum Gasteiger partial charge on any atom is 0.240 e. The maximum absolute atomic E-state index is 12.0. The van der Waals surface area contributed by atoms with Crippen LogP contribution in [-0.4, -0.2) is 19.2 Å². The molecule has 3 rings (SSSR count). The van der Waals surface area contributed by atoms with Crippen LogP contribution in [0.3, 0.4) is 0 Å². The van der Waals surface area contributed by atoms with E-state index in [2.05, 4.69) is 10.5 Å². The Labute approximate surface area is 175 Å². The molecule has 0 saturated carbocycles. The highest BCUT2D eigenvalue weighted by molar-refractivity contribution is 6.30. The number of aryl methyl sites for hydroxylation is 2. The quantitative estimate of drug-likeness (QED) is 0.400. The van der Waals surface area contributed by atoms with E-state index in [0.29, 0.717) is 23.0 Å². The van der Waals surface area contributed by atoms with Crippen molar-refractivity contribution in [3.05, 3.63) is 76.5 Å². The van der Waals surface area contributed by atoms with E-state index in [9.17, 15) is 4.79 Å². The summed E-state index contributed by atoms with van der Waals surface area (Å²) in [7, 11) is 1.65. The summed E-state index contributed by atoms with van der Waals surface area (Å²) in [4.78, 5) is 12.0. The number of nitrogens with zero attached hydrogens (tertiary/aromatic N) is 1. The van der Waals surface area contributed by atoms with Gasteiger partial charge in [0.15, 0.2) is 0 Å². The Bertz CT molecular complexity index is 994. The lowest BCUT2D eigenvalue weighted by Gasteiger charge is -2.07. The molecule has 1 N–H and O–H groups in total. The molecule has 0 aliphatic heterocycles. The van der Waals surface area contributed by atoms with Crippen molar-refractivity contribution in [2.75, 3.05) is 7.11 Å². The van der Waals surface area contributed by atoms with Crippen LogP contribution in [0, 0.1) is 6.92 Å². The van der Waals surface area contributed by atoms with Crippen LogP contribution in [0.25, 0.3) is 11.3 Å². The zero-order valence-corrected chi connectivity index (χ0v) is 17.2. The summed E-state index contributed by atoms with van der Waals surface area (Å²) in [6.07, 6.45) is 3.47. The molecule has 1 aromatic heterocycles. The molecule has 29 heavy (non-hydrogen) atoms. The first-order valence-corrected chi connectivity index (χ1v) is 9.74. The SMILES string of the molecule is COc1ccc(CCCC(=O)N/N=C\c2ccc(-c3ccc(Cl)cc3)o2)c(C)c1. The van der Waals surface area contributed by atoms with Crippen molar-refractivity contribution < 1.29 is 13.9 Å². The van der Waals surface area contributed by atoms with E-state index in [-0.39, 0.29) is 5.91 Å². The number of methoxy groups -OCH3 is 1. The van der Waals surface area contributed by atoms with Crippen molar-refractivity contribution in [1.82, 2.24) is 5.43 Å². The Morgan fingerprint density at radius 1 is 1.17 bits per heavy atom. The third kappa shape index (κ3) is 5.96. The number of carbonyl (C=O) groups is 1. The van der Waals surface area contributed by atoms with Gasteiger partial charge in [-0.05, 0) is 79.4 Å². The number of benzene rings is 2. The summed E-state index contributed by atoms with van der Waals surface area (Å²) in [5, 5.41) is 4.65. The van der Waals surface area contributed by atoms with Gasteiger partial charge in [0, 0.05) is 17.0 Å². The second-order valence-corrected chi connectivity index (χ2v) is 7.08. The molecule has 6 heteroatoms. The first kappa shape index (κ1) is 20.7. The number of rotatable bonds is 8. The predicted molar refractivity (Wildman–Crippen MR) is 116 cm³/mol. The highest BCUT2D eigenvalue weighted by Crippen LogP contribution is 2.23. The molecule has 0 spiro atoms. The van der Waals surface area contributed by atoms with E-state index in [1.807, 2.05) is 43.3 Å². The largest absolute Gasteiger partial charge is 0.497 e. The lowest BCUT2D eigenvalue weighted by molar-refractivity contribution is -0.121. The average molecular weight is 411 g/mol. The topological polar surface area (TPSA) is 63.8 Å². The predicted octanol–water partition coefficient (Wildman–Crippen LogP) is 5.39. The minimum absolute atomic E-state index is 0.128. The van der Waals surface area contributed by atoms with Crippen LogP contribution in [0.1, 0.15) is 29.7 Å². The minimum atomic E-state index is -0.128. The van der Waals surface area contributed by atoms with Crippen LogP contribution in [0.15, 0.2) is 64.1 Å². The molecule has 0 radical (unpaired) electrons. The Morgan fingerprint density at radius 3 is 2.69 bits per heavy atom. The molecule has 0 saturated heterocycles. The third-order valence-corrected chi connectivity index (χ3v) is 4.79. The van der Waals surface area contributed by atoms with Crippen molar-refractivity contribution in [2.24, 2.45) is 5.10 Å². The Kier molecular flexibility index (Phi) is 7.09. The molecule has 0 fully saturated rings. The lowest BCUT2D eigenvalue weighted by Crippen LogP contribution is -2.17. The van der Waals surface area contributed by atoms with Crippen LogP contribution < -0.4 is 10.2 Å². The Hall–Kier alpha value is -3.05. The minimum Gasteiger partial charge on any atom is -0.497 e. The van der Waals surface area contributed by atoms with E-state index in [1.54, 1.807) is 25.3 Å². The summed E-state index contributed by atoms with van der Waals surface area (Å²) >= 11 is 5.90. The molecular weight excluding hydrogens is 388 g/mol. The number of carbonyl (C=O) groups excluding carboxylic acids is 1. The first-order chi connectivity index (χ1) is 14.0. The fraction of sp³-hybridized carbons (Fsp3) is 0.217. The van der Waals surface area contributed by atoms with E-state index in [0.717, 1.165) is 29.7 Å². The van der Waals surface area contributed by atoms with Crippen LogP contribution in [-0.2, 0) is 11.2 Å². The number of hydrogen-bond donors (Lipinski definition) is 1. The molecular formula is C23H23ClN2O3. The summed E-state index contributed by atoms with van der Waals surface area (Å²) in [5.41, 5.74) is 5.84. The molecule has 150 valence electrons. The molecule has 0 aliphatic carbocycles. The third-order valence-electron chi connectivity index (χ3n) is 4.54. The molecule has 0 unspecified atom stereocenters. The number of hydrazone groups is 1. The number of halogens is 1. The molecule has 2 aromatic carbocycles. The summed E-state index contributed by atoms with van der Waals surface area (Å²) in [5.74, 6) is 1.99. The Morgan fingerprint density at radius 2 is 1.97 bits per heavy atom. The number of ether oxygens (including phenoxy) is 1. The van der Waals surface area contributed by atoms with Crippen LogP contribution in [0.2, 0.25) is 5.02 Å². The molecule has 1 amide bonds. The zero-order valence-electron chi connectivity index (χ0n) is 16.4. The van der Waals surface area contributed by atoms with E-state index in [1.165, 1.54) is 11.8 Å². The van der Waals surface area contributed by atoms with Gasteiger partial charge in [0.1, 0.15) is 17.3 Å². The number of furan rings is 1. The monoisotopic (exact) mass is 410 g/mol. The van der Waals surface area contributed by atoms with E-state index < -0.39 is 0 Å². The molecule has 5 nitrogen and oxygen atoms in total. The zero-order chi connectivity index (χ0) is 20.6. The van der Waals surface area contributed by atoms with Crippen LogP contribution in [0.5, 0.6) is 5.75 Å². The maximum atomic E-state index is 12.0. The van der Waals surface area contributed by atoms with Gasteiger partial charge in [-0.3, -0.25) is 4.79 Å². The highest BCUT2D eigenvalue weighted by atomic mass is 35.5. The van der Waals surface area contributed by atoms with Crippen molar-refractivity contribution in [3.63, 3.8) is 0 Å².